The number of carbonyl (C=O) groups excluding carboxylic acids is 1. The summed E-state index contributed by atoms with van der Waals surface area (Å²) in [5.74, 6) is 1.04. The second-order valence-corrected chi connectivity index (χ2v) is 6.26. The summed E-state index contributed by atoms with van der Waals surface area (Å²) in [6.07, 6.45) is 0. The molecule has 0 amide bonds. The summed E-state index contributed by atoms with van der Waals surface area (Å²) in [5.41, 5.74) is 4.06. The summed E-state index contributed by atoms with van der Waals surface area (Å²) in [4.78, 5) is 12.3. The third-order valence-electron chi connectivity index (χ3n) is 3.82. The van der Waals surface area contributed by atoms with Crippen LogP contribution in [0.15, 0.2) is 36.4 Å². The zero-order chi connectivity index (χ0) is 17.0. The first-order valence-electron chi connectivity index (χ1n) is 7.63. The molecule has 0 heterocycles. The van der Waals surface area contributed by atoms with E-state index in [0.29, 0.717) is 22.3 Å². The topological polar surface area (TPSA) is 38.3 Å². The monoisotopic (exact) mass is 331 g/mol. The number of halogens is 1. The van der Waals surface area contributed by atoms with Crippen molar-refractivity contribution in [1.29, 1.82) is 0 Å². The average Bonchev–Trinajstić information content (AvgIpc) is 2.52. The lowest BCUT2D eigenvalue weighted by molar-refractivity contribution is 0.101. The molecule has 0 unspecified atom stereocenters. The molecule has 0 fully saturated rings. The number of nitrogens with one attached hydrogen (secondary N) is 1. The zero-order valence-electron chi connectivity index (χ0n) is 13.9. The first-order chi connectivity index (χ1) is 10.9. The van der Waals surface area contributed by atoms with Crippen LogP contribution in [0.4, 0.5) is 5.69 Å². The molecule has 0 aliphatic heterocycles. The van der Waals surface area contributed by atoms with Crippen molar-refractivity contribution in [2.75, 3.05) is 19.0 Å². The molecule has 0 aliphatic rings. The van der Waals surface area contributed by atoms with Crippen molar-refractivity contribution in [2.45, 2.75) is 26.7 Å². The number of methoxy groups -OCH3 is 1. The summed E-state index contributed by atoms with van der Waals surface area (Å²) in [6, 6.07) is 11.3. The average molecular weight is 332 g/mol. The molecule has 0 aromatic heterocycles. The Labute approximate surface area is 142 Å². The Kier molecular flexibility index (Phi) is 5.67. The van der Waals surface area contributed by atoms with Crippen LogP contribution in [0.3, 0.4) is 0 Å². The van der Waals surface area contributed by atoms with E-state index >= 15 is 0 Å². The van der Waals surface area contributed by atoms with E-state index in [-0.39, 0.29) is 12.3 Å². The van der Waals surface area contributed by atoms with Crippen molar-refractivity contribution in [3.63, 3.8) is 0 Å². The third-order valence-corrected chi connectivity index (χ3v) is 4.11. The van der Waals surface area contributed by atoms with Crippen LogP contribution in [0.2, 0.25) is 5.02 Å². The molecule has 0 saturated heterocycles. The number of ketones is 1. The lowest BCUT2D eigenvalue weighted by Crippen LogP contribution is -2.14. The number of rotatable bonds is 6. The fourth-order valence-corrected chi connectivity index (χ4v) is 2.82. The summed E-state index contributed by atoms with van der Waals surface area (Å²) in [7, 11) is 1.55. The van der Waals surface area contributed by atoms with Crippen molar-refractivity contribution >= 4 is 23.1 Å². The van der Waals surface area contributed by atoms with Crippen molar-refractivity contribution in [2.24, 2.45) is 0 Å². The Balaban J connectivity index is 2.04. The molecule has 0 saturated carbocycles. The van der Waals surface area contributed by atoms with E-state index in [0.717, 1.165) is 5.69 Å². The lowest BCUT2D eigenvalue weighted by Gasteiger charge is -2.13. The van der Waals surface area contributed by atoms with Gasteiger partial charge in [0.05, 0.1) is 18.7 Å². The highest BCUT2D eigenvalue weighted by Gasteiger charge is 2.10. The van der Waals surface area contributed by atoms with Crippen molar-refractivity contribution in [3.8, 4) is 5.75 Å². The van der Waals surface area contributed by atoms with Crippen LogP contribution >= 0.6 is 11.6 Å². The summed E-state index contributed by atoms with van der Waals surface area (Å²) < 4.78 is 5.09. The maximum atomic E-state index is 12.3. The lowest BCUT2D eigenvalue weighted by atomic mass is 9.97. The number of ether oxygens (including phenoxy) is 1. The molecule has 2 aromatic carbocycles. The smallest absolute Gasteiger partial charge is 0.181 e. The molecule has 23 heavy (non-hydrogen) atoms. The normalized spacial score (nSPS) is 10.7. The highest BCUT2D eigenvalue weighted by molar-refractivity contribution is 6.32. The Morgan fingerprint density at radius 3 is 2.52 bits per heavy atom. The van der Waals surface area contributed by atoms with Crippen molar-refractivity contribution in [1.82, 2.24) is 0 Å². The van der Waals surface area contributed by atoms with Gasteiger partial charge in [-0.3, -0.25) is 4.79 Å². The van der Waals surface area contributed by atoms with Crippen LogP contribution in [0.25, 0.3) is 0 Å². The largest absolute Gasteiger partial charge is 0.495 e. The van der Waals surface area contributed by atoms with Gasteiger partial charge in [0.2, 0.25) is 0 Å². The van der Waals surface area contributed by atoms with Gasteiger partial charge in [-0.2, -0.15) is 0 Å². The van der Waals surface area contributed by atoms with E-state index < -0.39 is 0 Å². The van der Waals surface area contributed by atoms with E-state index in [2.05, 4.69) is 38.2 Å². The minimum atomic E-state index is -0.0138. The molecular weight excluding hydrogens is 310 g/mol. The number of hydrogen-bond donors (Lipinski definition) is 1. The van der Waals surface area contributed by atoms with Gasteiger partial charge in [-0.1, -0.05) is 31.5 Å². The van der Waals surface area contributed by atoms with Crippen LogP contribution in [-0.2, 0) is 0 Å². The van der Waals surface area contributed by atoms with E-state index in [1.807, 2.05) is 6.07 Å². The van der Waals surface area contributed by atoms with Gasteiger partial charge in [-0.15, -0.1) is 0 Å². The molecule has 0 atom stereocenters. The highest BCUT2D eigenvalue weighted by Crippen LogP contribution is 2.25. The minimum absolute atomic E-state index is 0.0138. The van der Waals surface area contributed by atoms with Gasteiger partial charge < -0.3 is 10.1 Å². The van der Waals surface area contributed by atoms with Crippen molar-refractivity contribution in [3.05, 3.63) is 58.1 Å². The standard InChI is InChI=1S/C19H22ClNO2/c1-12(2)16-7-6-15(9-13(16)3)21-11-18(22)14-5-8-19(23-4)17(20)10-14/h5-10,12,21H,11H2,1-4H3. The number of hydrogen-bond acceptors (Lipinski definition) is 3. The molecule has 0 radical (unpaired) electrons. The van der Waals surface area contributed by atoms with E-state index in [1.165, 1.54) is 11.1 Å². The molecule has 0 spiro atoms. The number of carbonyl (C=O) groups is 1. The van der Waals surface area contributed by atoms with E-state index in [1.54, 1.807) is 25.3 Å². The maximum absolute atomic E-state index is 12.3. The van der Waals surface area contributed by atoms with Gasteiger partial charge in [-0.25, -0.2) is 0 Å². The van der Waals surface area contributed by atoms with Crippen LogP contribution in [-0.4, -0.2) is 19.4 Å². The maximum Gasteiger partial charge on any atom is 0.181 e. The van der Waals surface area contributed by atoms with E-state index in [9.17, 15) is 4.79 Å². The fourth-order valence-electron chi connectivity index (χ4n) is 2.56. The third kappa shape index (κ3) is 4.26. The molecule has 2 rings (SSSR count). The zero-order valence-corrected chi connectivity index (χ0v) is 14.7. The molecular formula is C19H22ClNO2. The summed E-state index contributed by atoms with van der Waals surface area (Å²) in [5, 5.41) is 3.61. The van der Waals surface area contributed by atoms with Gasteiger partial charge in [0.25, 0.3) is 0 Å². The molecule has 1 N–H and O–H groups in total. The quantitative estimate of drug-likeness (QED) is 0.750. The van der Waals surface area contributed by atoms with Gasteiger partial charge in [0.15, 0.2) is 5.78 Å². The van der Waals surface area contributed by atoms with Crippen LogP contribution < -0.4 is 10.1 Å². The van der Waals surface area contributed by atoms with Gasteiger partial charge in [0.1, 0.15) is 5.75 Å². The Bertz CT molecular complexity index is 711. The second-order valence-electron chi connectivity index (χ2n) is 5.85. The molecule has 0 aliphatic carbocycles. The minimum Gasteiger partial charge on any atom is -0.495 e. The predicted octanol–water partition coefficient (Wildman–Crippen LogP) is 5.08. The van der Waals surface area contributed by atoms with Crippen molar-refractivity contribution < 1.29 is 9.53 Å². The molecule has 4 heteroatoms. The summed E-state index contributed by atoms with van der Waals surface area (Å²) in [6.45, 7) is 6.66. The van der Waals surface area contributed by atoms with Gasteiger partial charge in [0, 0.05) is 11.3 Å². The second kappa shape index (κ2) is 7.51. The van der Waals surface area contributed by atoms with Crippen LogP contribution in [0, 0.1) is 6.92 Å². The first-order valence-corrected chi connectivity index (χ1v) is 8.01. The molecule has 2 aromatic rings. The number of aryl methyl sites for hydroxylation is 1. The molecule has 122 valence electrons. The molecule has 0 bridgehead atoms. The summed E-state index contributed by atoms with van der Waals surface area (Å²) >= 11 is 6.06. The van der Waals surface area contributed by atoms with Gasteiger partial charge >= 0.3 is 0 Å². The first kappa shape index (κ1) is 17.4. The van der Waals surface area contributed by atoms with Gasteiger partial charge in [-0.05, 0) is 54.3 Å². The Morgan fingerprint density at radius 2 is 1.96 bits per heavy atom. The number of anilines is 1. The predicted molar refractivity (Wildman–Crippen MR) is 96.1 cm³/mol. The highest BCUT2D eigenvalue weighted by atomic mass is 35.5. The Morgan fingerprint density at radius 1 is 1.22 bits per heavy atom. The van der Waals surface area contributed by atoms with E-state index in [4.69, 9.17) is 16.3 Å². The number of Topliss-reactive ketones (excluding diaryl/α,β-unsaturated/α-hetero) is 1. The Hall–Kier alpha value is -2.00. The fraction of sp³-hybridized carbons (Fsp3) is 0.316. The molecule has 3 nitrogen and oxygen atoms in total. The SMILES string of the molecule is COc1ccc(C(=O)CNc2ccc(C(C)C)c(C)c2)cc1Cl. The van der Waals surface area contributed by atoms with Crippen LogP contribution in [0.5, 0.6) is 5.75 Å². The number of benzene rings is 2. The van der Waals surface area contributed by atoms with Crippen LogP contribution in [0.1, 0.15) is 41.3 Å².